The highest BCUT2D eigenvalue weighted by atomic mass is 32.2. The first-order chi connectivity index (χ1) is 9.26. The highest BCUT2D eigenvalue weighted by Gasteiger charge is 2.18. The number of nitrogens with one attached hydrogen (secondary N) is 1. The zero-order chi connectivity index (χ0) is 15.3. The van der Waals surface area contributed by atoms with E-state index in [-0.39, 0.29) is 17.0 Å². The molecule has 0 fully saturated rings. The standard InChI is InChI=1S/C14H25N3O2S/c1-5-14(15)12-7-6-8-13(9-12)20(18,19)16-11(2)10-17(3)4/h6-9,11,14,16H,5,10,15H2,1-4H3. The van der Waals surface area contributed by atoms with Crippen LogP contribution >= 0.6 is 0 Å². The number of sulfonamides is 1. The quantitative estimate of drug-likeness (QED) is 0.796. The second-order valence-electron chi connectivity index (χ2n) is 5.37. The van der Waals surface area contributed by atoms with Crippen LogP contribution in [0.15, 0.2) is 29.2 Å². The molecule has 0 aromatic heterocycles. The summed E-state index contributed by atoms with van der Waals surface area (Å²) in [5.41, 5.74) is 6.79. The third kappa shape index (κ3) is 4.86. The van der Waals surface area contributed by atoms with Crippen molar-refractivity contribution in [2.45, 2.75) is 37.2 Å². The van der Waals surface area contributed by atoms with Crippen molar-refractivity contribution in [2.75, 3.05) is 20.6 Å². The van der Waals surface area contributed by atoms with Crippen molar-refractivity contribution in [2.24, 2.45) is 5.73 Å². The van der Waals surface area contributed by atoms with E-state index in [0.29, 0.717) is 6.54 Å². The molecule has 1 rings (SSSR count). The Hall–Kier alpha value is -0.950. The molecule has 0 amide bonds. The summed E-state index contributed by atoms with van der Waals surface area (Å²) in [5.74, 6) is 0. The number of nitrogens with zero attached hydrogens (tertiary/aromatic N) is 1. The van der Waals surface area contributed by atoms with Gasteiger partial charge in [0.2, 0.25) is 10.0 Å². The lowest BCUT2D eigenvalue weighted by molar-refractivity contribution is 0.370. The molecular weight excluding hydrogens is 274 g/mol. The maximum Gasteiger partial charge on any atom is 0.240 e. The maximum absolute atomic E-state index is 12.3. The van der Waals surface area contributed by atoms with Crippen molar-refractivity contribution in [3.05, 3.63) is 29.8 Å². The smallest absolute Gasteiger partial charge is 0.240 e. The molecule has 2 atom stereocenters. The van der Waals surface area contributed by atoms with Gasteiger partial charge in [0.1, 0.15) is 0 Å². The number of rotatable bonds is 7. The van der Waals surface area contributed by atoms with Crippen LogP contribution in [0.25, 0.3) is 0 Å². The highest BCUT2D eigenvalue weighted by molar-refractivity contribution is 7.89. The normalized spacial score (nSPS) is 15.3. The zero-order valence-corrected chi connectivity index (χ0v) is 13.4. The average molecular weight is 299 g/mol. The van der Waals surface area contributed by atoms with Crippen LogP contribution < -0.4 is 10.5 Å². The molecule has 0 spiro atoms. The molecule has 3 N–H and O–H groups in total. The van der Waals surface area contributed by atoms with Gasteiger partial charge in [-0.05, 0) is 45.1 Å². The van der Waals surface area contributed by atoms with E-state index in [4.69, 9.17) is 5.73 Å². The summed E-state index contributed by atoms with van der Waals surface area (Å²) in [5, 5.41) is 0. The molecule has 0 radical (unpaired) electrons. The van der Waals surface area contributed by atoms with Crippen molar-refractivity contribution in [3.63, 3.8) is 0 Å². The Labute approximate surface area is 122 Å². The van der Waals surface area contributed by atoms with Crippen molar-refractivity contribution < 1.29 is 8.42 Å². The van der Waals surface area contributed by atoms with Crippen LogP contribution in [0.5, 0.6) is 0 Å². The molecule has 2 unspecified atom stereocenters. The summed E-state index contributed by atoms with van der Waals surface area (Å²) >= 11 is 0. The first-order valence-corrected chi connectivity index (χ1v) is 8.27. The minimum Gasteiger partial charge on any atom is -0.324 e. The third-order valence-electron chi connectivity index (χ3n) is 3.03. The molecule has 0 heterocycles. The van der Waals surface area contributed by atoms with Gasteiger partial charge in [0.25, 0.3) is 0 Å². The Bertz CT molecular complexity index is 529. The summed E-state index contributed by atoms with van der Waals surface area (Å²) in [6.45, 7) is 4.47. The van der Waals surface area contributed by atoms with E-state index in [0.717, 1.165) is 12.0 Å². The van der Waals surface area contributed by atoms with Gasteiger partial charge in [0.15, 0.2) is 0 Å². The van der Waals surface area contributed by atoms with E-state index < -0.39 is 10.0 Å². The van der Waals surface area contributed by atoms with Gasteiger partial charge in [-0.3, -0.25) is 0 Å². The number of nitrogens with two attached hydrogens (primary N) is 1. The molecule has 0 aliphatic rings. The number of hydrogen-bond acceptors (Lipinski definition) is 4. The van der Waals surface area contributed by atoms with Gasteiger partial charge in [-0.2, -0.15) is 0 Å². The van der Waals surface area contributed by atoms with Gasteiger partial charge in [-0.25, -0.2) is 13.1 Å². The minimum absolute atomic E-state index is 0.135. The van der Waals surface area contributed by atoms with Crippen LogP contribution in [0.3, 0.4) is 0 Å². The van der Waals surface area contributed by atoms with Gasteiger partial charge >= 0.3 is 0 Å². The number of likely N-dealkylation sites (N-methyl/N-ethyl adjacent to an activating group) is 1. The van der Waals surface area contributed by atoms with Crippen molar-refractivity contribution in [1.82, 2.24) is 9.62 Å². The van der Waals surface area contributed by atoms with Crippen LogP contribution in [0.2, 0.25) is 0 Å². The van der Waals surface area contributed by atoms with E-state index in [1.165, 1.54) is 0 Å². The van der Waals surface area contributed by atoms with E-state index in [9.17, 15) is 8.42 Å². The largest absolute Gasteiger partial charge is 0.324 e. The number of benzene rings is 1. The van der Waals surface area contributed by atoms with Crippen molar-refractivity contribution in [3.8, 4) is 0 Å². The summed E-state index contributed by atoms with van der Waals surface area (Å²) in [6, 6.07) is 6.55. The van der Waals surface area contributed by atoms with Crippen LogP contribution in [0.1, 0.15) is 31.9 Å². The predicted molar refractivity (Wildman–Crippen MR) is 82.0 cm³/mol. The molecule has 0 bridgehead atoms. The molecule has 1 aromatic rings. The summed E-state index contributed by atoms with van der Waals surface area (Å²) in [4.78, 5) is 2.21. The average Bonchev–Trinajstić information content (AvgIpc) is 2.36. The van der Waals surface area contributed by atoms with Gasteiger partial charge in [0, 0.05) is 18.6 Å². The van der Waals surface area contributed by atoms with E-state index in [1.54, 1.807) is 18.2 Å². The fraction of sp³-hybridized carbons (Fsp3) is 0.571. The highest BCUT2D eigenvalue weighted by Crippen LogP contribution is 2.18. The fourth-order valence-corrected chi connectivity index (χ4v) is 3.36. The molecule has 6 heteroatoms. The zero-order valence-electron chi connectivity index (χ0n) is 12.6. The predicted octanol–water partition coefficient (Wildman–Crippen LogP) is 1.32. The van der Waals surface area contributed by atoms with Crippen molar-refractivity contribution in [1.29, 1.82) is 0 Å². The first-order valence-electron chi connectivity index (χ1n) is 6.79. The maximum atomic E-state index is 12.3. The second-order valence-corrected chi connectivity index (χ2v) is 7.09. The molecule has 0 aliphatic carbocycles. The monoisotopic (exact) mass is 299 g/mol. The molecule has 20 heavy (non-hydrogen) atoms. The Morgan fingerprint density at radius 1 is 1.35 bits per heavy atom. The van der Waals surface area contributed by atoms with Gasteiger partial charge in [0.05, 0.1) is 4.90 Å². The molecule has 114 valence electrons. The van der Waals surface area contributed by atoms with E-state index in [2.05, 4.69) is 4.72 Å². The van der Waals surface area contributed by atoms with Crippen LogP contribution in [-0.4, -0.2) is 40.0 Å². The molecule has 0 saturated carbocycles. The van der Waals surface area contributed by atoms with Gasteiger partial charge in [-0.15, -0.1) is 0 Å². The molecule has 0 aliphatic heterocycles. The summed E-state index contributed by atoms with van der Waals surface area (Å²) < 4.78 is 27.3. The van der Waals surface area contributed by atoms with Crippen LogP contribution in [0, 0.1) is 0 Å². The van der Waals surface area contributed by atoms with Crippen molar-refractivity contribution >= 4 is 10.0 Å². The minimum atomic E-state index is -3.50. The fourth-order valence-electron chi connectivity index (χ4n) is 2.07. The molecule has 0 saturated heterocycles. The molecule has 1 aromatic carbocycles. The lowest BCUT2D eigenvalue weighted by Crippen LogP contribution is -2.39. The SMILES string of the molecule is CCC(N)c1cccc(S(=O)(=O)NC(C)CN(C)C)c1. The summed E-state index contributed by atoms with van der Waals surface area (Å²) in [7, 11) is 0.315. The topological polar surface area (TPSA) is 75.4 Å². The molecular formula is C14H25N3O2S. The van der Waals surface area contributed by atoms with Crippen LogP contribution in [-0.2, 0) is 10.0 Å². The van der Waals surface area contributed by atoms with Gasteiger partial charge in [-0.1, -0.05) is 19.1 Å². The Kier molecular flexibility index (Phi) is 6.13. The lowest BCUT2D eigenvalue weighted by atomic mass is 10.1. The summed E-state index contributed by atoms with van der Waals surface area (Å²) in [6.07, 6.45) is 0.772. The third-order valence-corrected chi connectivity index (χ3v) is 4.62. The van der Waals surface area contributed by atoms with Gasteiger partial charge < -0.3 is 10.6 Å². The molecule has 5 nitrogen and oxygen atoms in total. The van der Waals surface area contributed by atoms with E-state index >= 15 is 0 Å². The Morgan fingerprint density at radius 3 is 2.55 bits per heavy atom. The second kappa shape index (κ2) is 7.17. The first kappa shape index (κ1) is 17.1. The lowest BCUT2D eigenvalue weighted by Gasteiger charge is -2.19. The van der Waals surface area contributed by atoms with E-state index in [1.807, 2.05) is 38.9 Å². The Morgan fingerprint density at radius 2 is 2.00 bits per heavy atom. The Balaban J connectivity index is 2.92. The van der Waals surface area contributed by atoms with Crippen LogP contribution in [0.4, 0.5) is 0 Å². The number of hydrogen-bond donors (Lipinski definition) is 2.